The van der Waals surface area contributed by atoms with E-state index in [2.05, 4.69) is 21.8 Å². The van der Waals surface area contributed by atoms with Gasteiger partial charge in [0.2, 0.25) is 10.0 Å². The first-order valence-corrected chi connectivity index (χ1v) is 14.3. The summed E-state index contributed by atoms with van der Waals surface area (Å²) in [5.74, 6) is 0.753. The van der Waals surface area contributed by atoms with E-state index in [1.807, 2.05) is 60.7 Å². The smallest absolute Gasteiger partial charge is 0.240 e. The van der Waals surface area contributed by atoms with E-state index >= 15 is 0 Å². The van der Waals surface area contributed by atoms with Crippen molar-refractivity contribution in [3.8, 4) is 28.3 Å². The Labute approximate surface area is 224 Å². The van der Waals surface area contributed by atoms with E-state index in [1.165, 1.54) is 6.42 Å². The fourth-order valence-corrected chi connectivity index (χ4v) is 5.42. The van der Waals surface area contributed by atoms with Gasteiger partial charge in [-0.2, -0.15) is 5.10 Å². The van der Waals surface area contributed by atoms with Gasteiger partial charge in [0.1, 0.15) is 5.75 Å². The number of H-pyrrole nitrogens is 1. The van der Waals surface area contributed by atoms with E-state index in [1.54, 1.807) is 19.2 Å². The number of rotatable bonds is 12. The SMILES string of the molecule is CCCCCc1ccc(S(=O)(=O)NCCc2c(-c3ccc(OC)cc3)n[nH]c2-c2ccc(Cl)cc2)cc1. The number of sulfonamides is 1. The molecule has 0 unspecified atom stereocenters. The monoisotopic (exact) mass is 537 g/mol. The summed E-state index contributed by atoms with van der Waals surface area (Å²) < 4.78 is 34.0. The van der Waals surface area contributed by atoms with Gasteiger partial charge in [0, 0.05) is 22.7 Å². The summed E-state index contributed by atoms with van der Waals surface area (Å²) in [6.07, 6.45) is 4.85. The Morgan fingerprint density at radius 1 is 0.892 bits per heavy atom. The second-order valence-electron chi connectivity index (χ2n) is 8.91. The van der Waals surface area contributed by atoms with Gasteiger partial charge in [0.15, 0.2) is 0 Å². The molecule has 0 amide bonds. The second kappa shape index (κ2) is 12.4. The molecule has 4 aromatic rings. The summed E-state index contributed by atoms with van der Waals surface area (Å²) in [4.78, 5) is 0.271. The first-order valence-electron chi connectivity index (χ1n) is 12.5. The van der Waals surface area contributed by atoms with Crippen LogP contribution in [0.4, 0.5) is 0 Å². The predicted molar refractivity (Wildman–Crippen MR) is 150 cm³/mol. The Morgan fingerprint density at radius 2 is 1.57 bits per heavy atom. The van der Waals surface area contributed by atoms with Crippen LogP contribution in [0.25, 0.3) is 22.5 Å². The van der Waals surface area contributed by atoms with Crippen molar-refractivity contribution in [2.45, 2.75) is 43.9 Å². The van der Waals surface area contributed by atoms with Gasteiger partial charge in [-0.3, -0.25) is 5.10 Å². The maximum Gasteiger partial charge on any atom is 0.240 e. The quantitative estimate of drug-likeness (QED) is 0.198. The number of hydrogen-bond acceptors (Lipinski definition) is 4. The molecule has 0 bridgehead atoms. The Balaban J connectivity index is 1.53. The minimum atomic E-state index is -3.64. The molecule has 0 saturated heterocycles. The fourth-order valence-electron chi connectivity index (χ4n) is 4.26. The van der Waals surface area contributed by atoms with Crippen molar-refractivity contribution < 1.29 is 13.2 Å². The topological polar surface area (TPSA) is 84.1 Å². The lowest BCUT2D eigenvalue weighted by molar-refractivity contribution is 0.415. The van der Waals surface area contributed by atoms with E-state index in [-0.39, 0.29) is 11.4 Å². The maximum atomic E-state index is 13.0. The second-order valence-corrected chi connectivity index (χ2v) is 11.1. The summed E-state index contributed by atoms with van der Waals surface area (Å²) in [7, 11) is -2.01. The first-order chi connectivity index (χ1) is 17.9. The van der Waals surface area contributed by atoms with Gasteiger partial charge < -0.3 is 4.74 Å². The molecule has 4 rings (SSSR count). The lowest BCUT2D eigenvalue weighted by Gasteiger charge is -2.10. The third-order valence-corrected chi connectivity index (χ3v) is 8.06. The number of hydrogen-bond donors (Lipinski definition) is 2. The Kier molecular flexibility index (Phi) is 9.03. The van der Waals surface area contributed by atoms with Gasteiger partial charge in [-0.25, -0.2) is 13.1 Å². The average molecular weight is 538 g/mol. The van der Waals surface area contributed by atoms with Gasteiger partial charge in [-0.05, 0) is 78.9 Å². The van der Waals surface area contributed by atoms with Crippen LogP contribution in [0.2, 0.25) is 5.02 Å². The number of aromatic nitrogens is 2. The standard InChI is InChI=1S/C29H32ClN3O3S/c1-3-4-5-6-21-7-17-26(18-8-21)37(34,35)31-20-19-27-28(22-9-13-24(30)14-10-22)32-33-29(27)23-11-15-25(36-2)16-12-23/h7-18,31H,3-6,19-20H2,1-2H3,(H,32,33). The van der Waals surface area contributed by atoms with Crippen molar-refractivity contribution in [2.75, 3.05) is 13.7 Å². The molecule has 0 fully saturated rings. The van der Waals surface area contributed by atoms with Crippen molar-refractivity contribution >= 4 is 21.6 Å². The third-order valence-electron chi connectivity index (χ3n) is 6.33. The third kappa shape index (κ3) is 6.80. The number of unbranched alkanes of at least 4 members (excludes halogenated alkanes) is 2. The number of nitrogens with zero attached hydrogens (tertiary/aromatic N) is 1. The number of aryl methyl sites for hydroxylation is 1. The van der Waals surface area contributed by atoms with Crippen LogP contribution in [0.5, 0.6) is 5.75 Å². The predicted octanol–water partition coefficient (Wildman–Crippen LogP) is 6.66. The summed E-state index contributed by atoms with van der Waals surface area (Å²) in [6.45, 7) is 2.40. The zero-order valence-corrected chi connectivity index (χ0v) is 22.7. The number of aromatic amines is 1. The molecule has 194 valence electrons. The van der Waals surface area contributed by atoms with E-state index in [4.69, 9.17) is 16.3 Å². The van der Waals surface area contributed by atoms with E-state index in [0.717, 1.165) is 58.7 Å². The highest BCUT2D eigenvalue weighted by atomic mass is 35.5. The van der Waals surface area contributed by atoms with Crippen LogP contribution in [0.1, 0.15) is 37.3 Å². The van der Waals surface area contributed by atoms with E-state index in [9.17, 15) is 8.42 Å². The summed E-state index contributed by atoms with van der Waals surface area (Å²) in [6, 6.07) is 22.3. The van der Waals surface area contributed by atoms with Crippen molar-refractivity contribution in [3.05, 3.63) is 88.9 Å². The molecule has 0 saturated carbocycles. The lowest BCUT2D eigenvalue weighted by atomic mass is 9.99. The number of nitrogens with one attached hydrogen (secondary N) is 2. The van der Waals surface area contributed by atoms with Gasteiger partial charge in [-0.1, -0.05) is 55.6 Å². The normalized spacial score (nSPS) is 11.5. The zero-order valence-electron chi connectivity index (χ0n) is 21.1. The molecule has 6 nitrogen and oxygen atoms in total. The molecule has 0 aliphatic heterocycles. The van der Waals surface area contributed by atoms with Gasteiger partial charge >= 0.3 is 0 Å². The number of halogens is 1. The zero-order chi connectivity index (χ0) is 26.3. The Hall–Kier alpha value is -3.13. The minimum absolute atomic E-state index is 0.226. The molecule has 0 aliphatic carbocycles. The lowest BCUT2D eigenvalue weighted by Crippen LogP contribution is -2.26. The molecule has 0 atom stereocenters. The summed E-state index contributed by atoms with van der Waals surface area (Å²) >= 11 is 6.09. The number of benzene rings is 3. The van der Waals surface area contributed by atoms with E-state index < -0.39 is 10.0 Å². The molecule has 1 heterocycles. The Bertz CT molecular complexity index is 1400. The Morgan fingerprint density at radius 3 is 2.22 bits per heavy atom. The molecule has 0 spiro atoms. The minimum Gasteiger partial charge on any atom is -0.497 e. The maximum absolute atomic E-state index is 13.0. The van der Waals surface area contributed by atoms with Crippen LogP contribution < -0.4 is 9.46 Å². The van der Waals surface area contributed by atoms with Crippen LogP contribution in [0.15, 0.2) is 77.7 Å². The number of ether oxygens (including phenoxy) is 1. The largest absolute Gasteiger partial charge is 0.497 e. The molecule has 2 N–H and O–H groups in total. The van der Waals surface area contributed by atoms with E-state index in [0.29, 0.717) is 11.4 Å². The molecule has 0 aliphatic rings. The van der Waals surface area contributed by atoms with Crippen LogP contribution in [-0.4, -0.2) is 32.3 Å². The highest BCUT2D eigenvalue weighted by molar-refractivity contribution is 7.89. The molecule has 1 aromatic heterocycles. The molecular weight excluding hydrogens is 506 g/mol. The van der Waals surface area contributed by atoms with Crippen molar-refractivity contribution in [1.29, 1.82) is 0 Å². The fraction of sp³-hybridized carbons (Fsp3) is 0.276. The first kappa shape index (κ1) is 26.9. The summed E-state index contributed by atoms with van der Waals surface area (Å²) in [5.41, 5.74) is 5.51. The molecule has 8 heteroatoms. The van der Waals surface area contributed by atoms with Crippen LogP contribution >= 0.6 is 11.6 Å². The molecule has 0 radical (unpaired) electrons. The van der Waals surface area contributed by atoms with Crippen LogP contribution in [0.3, 0.4) is 0 Å². The van der Waals surface area contributed by atoms with Crippen molar-refractivity contribution in [2.24, 2.45) is 0 Å². The van der Waals surface area contributed by atoms with Gasteiger partial charge in [0.25, 0.3) is 0 Å². The van der Waals surface area contributed by atoms with Crippen molar-refractivity contribution in [1.82, 2.24) is 14.9 Å². The number of methoxy groups -OCH3 is 1. The van der Waals surface area contributed by atoms with Crippen LogP contribution in [-0.2, 0) is 22.9 Å². The molecule has 37 heavy (non-hydrogen) atoms. The van der Waals surface area contributed by atoms with Gasteiger partial charge in [0.05, 0.1) is 23.4 Å². The highest BCUT2D eigenvalue weighted by Crippen LogP contribution is 2.32. The van der Waals surface area contributed by atoms with Crippen LogP contribution in [0, 0.1) is 0 Å². The molecular formula is C29H32ClN3O3S. The van der Waals surface area contributed by atoms with Crippen molar-refractivity contribution in [3.63, 3.8) is 0 Å². The highest BCUT2D eigenvalue weighted by Gasteiger charge is 2.19. The van der Waals surface area contributed by atoms with Gasteiger partial charge in [-0.15, -0.1) is 0 Å². The average Bonchev–Trinajstić information content (AvgIpc) is 3.33. The molecule has 3 aromatic carbocycles. The summed E-state index contributed by atoms with van der Waals surface area (Å²) in [5, 5.41) is 8.36.